The van der Waals surface area contributed by atoms with Crippen LogP contribution in [0.5, 0.6) is 0 Å². The molecule has 0 N–H and O–H groups in total. The SMILES string of the molecule is C[CH]CCCC/C=C/CCCCCC. The number of unbranched alkanes of at least 4 members (excludes halogenated alkanes) is 8. The Bertz CT molecular complexity index is 99.2. The van der Waals surface area contributed by atoms with Crippen molar-refractivity contribution in [2.24, 2.45) is 0 Å². The second-order valence-corrected chi connectivity index (χ2v) is 4.01. The summed E-state index contributed by atoms with van der Waals surface area (Å²) in [5.74, 6) is 0. The minimum atomic E-state index is 1.28. The van der Waals surface area contributed by atoms with E-state index in [2.05, 4.69) is 32.4 Å². The molecule has 0 nitrogen and oxygen atoms in total. The van der Waals surface area contributed by atoms with Crippen LogP contribution in [-0.2, 0) is 0 Å². The summed E-state index contributed by atoms with van der Waals surface area (Å²) >= 11 is 0. The Morgan fingerprint density at radius 3 is 1.86 bits per heavy atom. The van der Waals surface area contributed by atoms with Gasteiger partial charge in [0.25, 0.3) is 0 Å². The molecule has 0 aliphatic carbocycles. The normalized spacial score (nSPS) is 11.3. The van der Waals surface area contributed by atoms with Crippen molar-refractivity contribution in [2.75, 3.05) is 0 Å². The Balaban J connectivity index is 2.96. The Labute approximate surface area is 90.8 Å². The second kappa shape index (κ2) is 12.7. The van der Waals surface area contributed by atoms with Crippen LogP contribution < -0.4 is 0 Å². The fourth-order valence-corrected chi connectivity index (χ4v) is 1.54. The van der Waals surface area contributed by atoms with E-state index in [1.165, 1.54) is 57.8 Å². The Kier molecular flexibility index (Phi) is 12.5. The van der Waals surface area contributed by atoms with Gasteiger partial charge < -0.3 is 0 Å². The molecule has 0 saturated heterocycles. The third kappa shape index (κ3) is 11.7. The van der Waals surface area contributed by atoms with Gasteiger partial charge in [-0.2, -0.15) is 0 Å². The fraction of sp³-hybridized carbons (Fsp3) is 0.786. The molecule has 0 heteroatoms. The molecular formula is C14H27. The van der Waals surface area contributed by atoms with Gasteiger partial charge in [-0.05, 0) is 32.1 Å². The summed E-state index contributed by atoms with van der Waals surface area (Å²) in [4.78, 5) is 0. The molecule has 0 aliphatic rings. The van der Waals surface area contributed by atoms with E-state index in [4.69, 9.17) is 0 Å². The molecule has 0 unspecified atom stereocenters. The first kappa shape index (κ1) is 13.7. The van der Waals surface area contributed by atoms with Crippen molar-refractivity contribution >= 4 is 0 Å². The predicted molar refractivity (Wildman–Crippen MR) is 66.3 cm³/mol. The van der Waals surface area contributed by atoms with E-state index in [0.717, 1.165) is 0 Å². The monoisotopic (exact) mass is 195 g/mol. The molecule has 0 spiro atoms. The number of hydrogen-bond donors (Lipinski definition) is 0. The van der Waals surface area contributed by atoms with Gasteiger partial charge in [0.15, 0.2) is 0 Å². The van der Waals surface area contributed by atoms with Crippen molar-refractivity contribution in [2.45, 2.75) is 71.6 Å². The van der Waals surface area contributed by atoms with Gasteiger partial charge in [0.1, 0.15) is 0 Å². The molecule has 1 radical (unpaired) electrons. The second-order valence-electron chi connectivity index (χ2n) is 4.01. The largest absolute Gasteiger partial charge is 0.0885 e. The first-order chi connectivity index (χ1) is 6.91. The molecule has 83 valence electrons. The van der Waals surface area contributed by atoms with Crippen LogP contribution in [0.2, 0.25) is 0 Å². The van der Waals surface area contributed by atoms with Crippen LogP contribution in [0.15, 0.2) is 12.2 Å². The summed E-state index contributed by atoms with van der Waals surface area (Å²) in [5, 5.41) is 0. The van der Waals surface area contributed by atoms with Gasteiger partial charge in [0.05, 0.1) is 0 Å². The van der Waals surface area contributed by atoms with E-state index in [0.29, 0.717) is 0 Å². The van der Waals surface area contributed by atoms with Gasteiger partial charge >= 0.3 is 0 Å². The Hall–Kier alpha value is -0.260. The van der Waals surface area contributed by atoms with Crippen LogP contribution in [-0.4, -0.2) is 0 Å². The van der Waals surface area contributed by atoms with E-state index in [1.54, 1.807) is 0 Å². The molecule has 0 saturated carbocycles. The summed E-state index contributed by atoms with van der Waals surface area (Å²) < 4.78 is 0. The van der Waals surface area contributed by atoms with Crippen molar-refractivity contribution < 1.29 is 0 Å². The van der Waals surface area contributed by atoms with Crippen LogP contribution in [0.25, 0.3) is 0 Å². The summed E-state index contributed by atoms with van der Waals surface area (Å²) in [6, 6.07) is 0. The summed E-state index contributed by atoms with van der Waals surface area (Å²) in [6.07, 6.45) is 19.1. The molecule has 0 aromatic carbocycles. The highest BCUT2D eigenvalue weighted by molar-refractivity contribution is 4.81. The van der Waals surface area contributed by atoms with E-state index in [9.17, 15) is 0 Å². The standard InChI is InChI=1S/C14H27/c1-3-5-7-9-11-13-14-12-10-8-6-4-2/h3,13-14H,4-12H2,1-2H3/b14-13+. The maximum Gasteiger partial charge on any atom is -0.0351 e. The van der Waals surface area contributed by atoms with Crippen LogP contribution in [0.3, 0.4) is 0 Å². The van der Waals surface area contributed by atoms with Gasteiger partial charge in [-0.15, -0.1) is 0 Å². The maximum atomic E-state index is 2.37. The summed E-state index contributed by atoms with van der Waals surface area (Å²) in [5.41, 5.74) is 0. The molecule has 0 aromatic heterocycles. The summed E-state index contributed by atoms with van der Waals surface area (Å²) in [7, 11) is 0. The summed E-state index contributed by atoms with van der Waals surface area (Å²) in [6.45, 7) is 4.41. The molecule has 0 rings (SSSR count). The van der Waals surface area contributed by atoms with Gasteiger partial charge in [0.2, 0.25) is 0 Å². The fourth-order valence-electron chi connectivity index (χ4n) is 1.54. The van der Waals surface area contributed by atoms with Gasteiger partial charge in [-0.3, -0.25) is 0 Å². The van der Waals surface area contributed by atoms with Crippen molar-refractivity contribution in [3.05, 3.63) is 18.6 Å². The van der Waals surface area contributed by atoms with Gasteiger partial charge in [-0.25, -0.2) is 0 Å². The molecule has 0 bridgehead atoms. The third-order valence-corrected chi connectivity index (χ3v) is 2.50. The average Bonchev–Trinajstić information content (AvgIpc) is 2.21. The van der Waals surface area contributed by atoms with E-state index in [1.807, 2.05) is 0 Å². The van der Waals surface area contributed by atoms with Crippen molar-refractivity contribution in [1.29, 1.82) is 0 Å². The molecule has 14 heavy (non-hydrogen) atoms. The molecule has 0 aliphatic heterocycles. The zero-order chi connectivity index (χ0) is 10.5. The molecular weight excluding hydrogens is 168 g/mol. The topological polar surface area (TPSA) is 0 Å². The van der Waals surface area contributed by atoms with Crippen molar-refractivity contribution in [3.63, 3.8) is 0 Å². The highest BCUT2D eigenvalue weighted by atomic mass is 13.9. The quantitative estimate of drug-likeness (QED) is 0.328. The maximum absolute atomic E-state index is 2.37. The first-order valence-corrected chi connectivity index (χ1v) is 6.34. The zero-order valence-electron chi connectivity index (χ0n) is 10.1. The average molecular weight is 195 g/mol. The molecule has 0 aromatic rings. The highest BCUT2D eigenvalue weighted by Crippen LogP contribution is 2.05. The Morgan fingerprint density at radius 2 is 1.29 bits per heavy atom. The first-order valence-electron chi connectivity index (χ1n) is 6.34. The molecule has 0 fully saturated rings. The van der Waals surface area contributed by atoms with Crippen molar-refractivity contribution in [3.8, 4) is 0 Å². The van der Waals surface area contributed by atoms with E-state index in [-0.39, 0.29) is 0 Å². The lowest BCUT2D eigenvalue weighted by atomic mass is 10.1. The lowest BCUT2D eigenvalue weighted by Crippen LogP contribution is -1.76. The lowest BCUT2D eigenvalue weighted by molar-refractivity contribution is 0.672. The van der Waals surface area contributed by atoms with E-state index < -0.39 is 0 Å². The van der Waals surface area contributed by atoms with Gasteiger partial charge in [0, 0.05) is 0 Å². The van der Waals surface area contributed by atoms with Crippen LogP contribution in [0.4, 0.5) is 0 Å². The van der Waals surface area contributed by atoms with E-state index >= 15 is 0 Å². The zero-order valence-corrected chi connectivity index (χ0v) is 10.1. The molecule has 0 amide bonds. The third-order valence-electron chi connectivity index (χ3n) is 2.50. The predicted octanol–water partition coefficient (Wildman–Crippen LogP) is 5.30. The number of allylic oxidation sites excluding steroid dienone is 2. The minimum absolute atomic E-state index is 1.28. The highest BCUT2D eigenvalue weighted by Gasteiger charge is 1.86. The molecule has 0 heterocycles. The van der Waals surface area contributed by atoms with Crippen LogP contribution in [0, 0.1) is 6.42 Å². The number of rotatable bonds is 10. The smallest absolute Gasteiger partial charge is 0.0351 e. The van der Waals surface area contributed by atoms with Crippen LogP contribution >= 0.6 is 0 Å². The number of hydrogen-bond acceptors (Lipinski definition) is 0. The van der Waals surface area contributed by atoms with Crippen molar-refractivity contribution in [1.82, 2.24) is 0 Å². The van der Waals surface area contributed by atoms with Crippen LogP contribution in [0.1, 0.15) is 71.6 Å². The van der Waals surface area contributed by atoms with Gasteiger partial charge in [-0.1, -0.05) is 58.1 Å². The Morgan fingerprint density at radius 1 is 0.714 bits per heavy atom. The lowest BCUT2D eigenvalue weighted by Gasteiger charge is -1.95. The minimum Gasteiger partial charge on any atom is -0.0885 e. The molecule has 0 atom stereocenters.